The largest absolute Gasteiger partial charge is 0.504 e. The molecule has 0 saturated heterocycles. The molecule has 2 heterocycles. The number of hydrogen-bond donors (Lipinski definition) is 3. The fraction of sp³-hybridized carbons (Fsp3) is 0.500. The van der Waals surface area contributed by atoms with Gasteiger partial charge in [-0.1, -0.05) is 0 Å². The molecule has 0 bridgehead atoms. The van der Waals surface area contributed by atoms with Crippen molar-refractivity contribution in [3.8, 4) is 17.2 Å². The Kier molecular flexibility index (Phi) is 2.38. The number of rotatable bonds is 2. The van der Waals surface area contributed by atoms with E-state index in [1.165, 1.54) is 0 Å². The summed E-state index contributed by atoms with van der Waals surface area (Å²) in [6.07, 6.45) is 1.35. The van der Waals surface area contributed by atoms with Crippen molar-refractivity contribution in [1.82, 2.24) is 0 Å². The summed E-state index contributed by atoms with van der Waals surface area (Å²) in [4.78, 5) is 0. The Morgan fingerprint density at radius 2 is 1.76 bits per heavy atom. The van der Waals surface area contributed by atoms with Crippen molar-refractivity contribution in [1.29, 1.82) is 0 Å². The standard InChI is InChI=1S/C12H15NO4/c13-8(5-14)9-6-1-3-17-12(6)10(15)7-2-4-16-11(7)9/h8,14-15H,1-5,13H2. The van der Waals surface area contributed by atoms with Crippen LogP contribution in [-0.2, 0) is 12.8 Å². The molecule has 2 aliphatic rings. The van der Waals surface area contributed by atoms with Gasteiger partial charge in [0, 0.05) is 29.5 Å². The lowest BCUT2D eigenvalue weighted by Crippen LogP contribution is -2.17. The first-order valence-electron chi connectivity index (χ1n) is 5.76. The Hall–Kier alpha value is -1.46. The monoisotopic (exact) mass is 237 g/mol. The number of nitrogens with two attached hydrogens (primary N) is 1. The van der Waals surface area contributed by atoms with Crippen LogP contribution >= 0.6 is 0 Å². The van der Waals surface area contributed by atoms with Crippen LogP contribution < -0.4 is 15.2 Å². The Labute approximate surface area is 98.8 Å². The highest BCUT2D eigenvalue weighted by molar-refractivity contribution is 5.65. The molecule has 2 aliphatic heterocycles. The summed E-state index contributed by atoms with van der Waals surface area (Å²) in [7, 11) is 0. The highest BCUT2D eigenvalue weighted by atomic mass is 16.5. The van der Waals surface area contributed by atoms with E-state index >= 15 is 0 Å². The Morgan fingerprint density at radius 3 is 2.47 bits per heavy atom. The molecule has 1 aromatic carbocycles. The molecule has 0 radical (unpaired) electrons. The molecule has 4 N–H and O–H groups in total. The molecule has 1 aromatic rings. The van der Waals surface area contributed by atoms with Crippen molar-refractivity contribution in [2.75, 3.05) is 19.8 Å². The second-order valence-electron chi connectivity index (χ2n) is 4.36. The van der Waals surface area contributed by atoms with Crippen LogP contribution in [0.15, 0.2) is 0 Å². The minimum atomic E-state index is -0.488. The molecule has 17 heavy (non-hydrogen) atoms. The normalized spacial score (nSPS) is 18.2. The summed E-state index contributed by atoms with van der Waals surface area (Å²) in [5.41, 5.74) is 8.35. The lowest BCUT2D eigenvalue weighted by molar-refractivity contribution is 0.262. The number of phenolic OH excluding ortho intramolecular Hbond substituents is 1. The highest BCUT2D eigenvalue weighted by Gasteiger charge is 2.33. The first-order chi connectivity index (χ1) is 8.24. The molecule has 0 fully saturated rings. The first-order valence-corrected chi connectivity index (χ1v) is 5.76. The molecule has 0 aromatic heterocycles. The first kappa shape index (κ1) is 10.7. The maximum atomic E-state index is 10.1. The van der Waals surface area contributed by atoms with Crippen LogP contribution in [0, 0.1) is 0 Å². The molecule has 0 spiro atoms. The lowest BCUT2D eigenvalue weighted by atomic mass is 9.94. The highest BCUT2D eigenvalue weighted by Crippen LogP contribution is 2.49. The van der Waals surface area contributed by atoms with Gasteiger partial charge in [0.15, 0.2) is 11.5 Å². The fourth-order valence-electron chi connectivity index (χ4n) is 2.60. The molecule has 0 saturated carbocycles. The zero-order chi connectivity index (χ0) is 12.0. The number of aliphatic hydroxyl groups excluding tert-OH is 1. The number of phenols is 1. The van der Waals surface area contributed by atoms with Crippen LogP contribution in [0.4, 0.5) is 0 Å². The van der Waals surface area contributed by atoms with E-state index in [0.717, 1.165) is 16.7 Å². The zero-order valence-corrected chi connectivity index (χ0v) is 9.40. The third kappa shape index (κ3) is 1.39. The molecule has 0 aliphatic carbocycles. The van der Waals surface area contributed by atoms with Crippen LogP contribution in [0.2, 0.25) is 0 Å². The predicted molar refractivity (Wildman–Crippen MR) is 60.5 cm³/mol. The van der Waals surface area contributed by atoms with E-state index in [-0.39, 0.29) is 12.4 Å². The summed E-state index contributed by atoms with van der Waals surface area (Å²) < 4.78 is 11.0. The Morgan fingerprint density at radius 1 is 1.12 bits per heavy atom. The van der Waals surface area contributed by atoms with Crippen molar-refractivity contribution in [3.05, 3.63) is 16.7 Å². The van der Waals surface area contributed by atoms with E-state index in [1.54, 1.807) is 0 Å². The van der Waals surface area contributed by atoms with E-state index in [1.807, 2.05) is 0 Å². The smallest absolute Gasteiger partial charge is 0.165 e. The van der Waals surface area contributed by atoms with Crippen LogP contribution in [-0.4, -0.2) is 30.0 Å². The van der Waals surface area contributed by atoms with Gasteiger partial charge in [0.2, 0.25) is 0 Å². The average molecular weight is 237 g/mol. The Bertz CT molecular complexity index is 437. The van der Waals surface area contributed by atoms with Gasteiger partial charge in [-0.15, -0.1) is 0 Å². The molecule has 0 amide bonds. The molecule has 92 valence electrons. The molecule has 1 atom stereocenters. The number of fused-ring (bicyclic) bond motifs is 2. The maximum Gasteiger partial charge on any atom is 0.165 e. The fourth-order valence-corrected chi connectivity index (χ4v) is 2.60. The average Bonchev–Trinajstić information content (AvgIpc) is 2.96. The quantitative estimate of drug-likeness (QED) is 0.686. The summed E-state index contributed by atoms with van der Waals surface area (Å²) in [5, 5.41) is 19.3. The van der Waals surface area contributed by atoms with Gasteiger partial charge in [-0.05, 0) is 0 Å². The molecule has 5 nitrogen and oxygen atoms in total. The zero-order valence-electron chi connectivity index (χ0n) is 9.40. The molecular formula is C12H15NO4. The van der Waals surface area contributed by atoms with E-state index < -0.39 is 6.04 Å². The molecule has 1 unspecified atom stereocenters. The van der Waals surface area contributed by atoms with Gasteiger partial charge in [-0.3, -0.25) is 0 Å². The number of hydrogen-bond acceptors (Lipinski definition) is 5. The van der Waals surface area contributed by atoms with Crippen molar-refractivity contribution < 1.29 is 19.7 Å². The van der Waals surface area contributed by atoms with Crippen molar-refractivity contribution in [2.45, 2.75) is 18.9 Å². The third-order valence-corrected chi connectivity index (χ3v) is 3.38. The van der Waals surface area contributed by atoms with Gasteiger partial charge < -0.3 is 25.4 Å². The molecular weight excluding hydrogens is 222 g/mol. The third-order valence-electron chi connectivity index (χ3n) is 3.38. The van der Waals surface area contributed by atoms with Gasteiger partial charge in [0.25, 0.3) is 0 Å². The summed E-state index contributed by atoms with van der Waals surface area (Å²) >= 11 is 0. The van der Waals surface area contributed by atoms with Crippen molar-refractivity contribution >= 4 is 0 Å². The van der Waals surface area contributed by atoms with Crippen molar-refractivity contribution in [3.63, 3.8) is 0 Å². The lowest BCUT2D eigenvalue weighted by Gasteiger charge is -2.18. The van der Waals surface area contributed by atoms with Gasteiger partial charge in [0.05, 0.1) is 25.9 Å². The predicted octanol–water partition coefficient (Wildman–Crippen LogP) is 0.254. The van der Waals surface area contributed by atoms with Gasteiger partial charge >= 0.3 is 0 Å². The molecule has 5 heteroatoms. The van der Waals surface area contributed by atoms with E-state index in [9.17, 15) is 10.2 Å². The second kappa shape index (κ2) is 3.78. The van der Waals surface area contributed by atoms with Crippen LogP contribution in [0.3, 0.4) is 0 Å². The summed E-state index contributed by atoms with van der Waals surface area (Å²) in [6.45, 7) is 0.931. The number of ether oxygens (including phenoxy) is 2. The van der Waals surface area contributed by atoms with E-state index in [0.29, 0.717) is 37.6 Å². The topological polar surface area (TPSA) is 84.9 Å². The van der Waals surface area contributed by atoms with Crippen LogP contribution in [0.1, 0.15) is 22.7 Å². The van der Waals surface area contributed by atoms with Crippen molar-refractivity contribution in [2.24, 2.45) is 5.73 Å². The van der Waals surface area contributed by atoms with E-state index in [4.69, 9.17) is 15.2 Å². The van der Waals surface area contributed by atoms with E-state index in [2.05, 4.69) is 0 Å². The van der Waals surface area contributed by atoms with Gasteiger partial charge in [0.1, 0.15) is 5.75 Å². The SMILES string of the molecule is NC(CO)c1c2c(c(O)c3c1OCC3)OCC2. The maximum absolute atomic E-state index is 10.1. The summed E-state index contributed by atoms with van der Waals surface area (Å²) in [5.74, 6) is 1.35. The minimum absolute atomic E-state index is 0.146. The number of aromatic hydroxyl groups is 1. The second-order valence-corrected chi connectivity index (χ2v) is 4.36. The Balaban J connectivity index is 2.26. The summed E-state index contributed by atoms with van der Waals surface area (Å²) in [6, 6.07) is -0.488. The minimum Gasteiger partial charge on any atom is -0.504 e. The number of aliphatic hydroxyl groups is 1. The van der Waals surface area contributed by atoms with Gasteiger partial charge in [-0.2, -0.15) is 0 Å². The number of benzene rings is 1. The molecule has 3 rings (SSSR count). The van der Waals surface area contributed by atoms with Crippen LogP contribution in [0.5, 0.6) is 17.2 Å². The van der Waals surface area contributed by atoms with Crippen LogP contribution in [0.25, 0.3) is 0 Å². The van der Waals surface area contributed by atoms with Gasteiger partial charge in [-0.25, -0.2) is 0 Å².